The molecule has 1 aliphatic heterocycles. The normalized spacial score (nSPS) is 14.9. The maximum atomic E-state index is 13.5. The minimum atomic E-state index is -4.80. The van der Waals surface area contributed by atoms with Crippen LogP contribution in [0.3, 0.4) is 0 Å². The molecular weight excluding hydrogens is 695 g/mol. The van der Waals surface area contributed by atoms with Gasteiger partial charge in [-0.05, 0) is 61.7 Å². The smallest absolute Gasteiger partial charge is 0.416 e. The van der Waals surface area contributed by atoms with Gasteiger partial charge in [-0.3, -0.25) is 19.8 Å². The number of benzene rings is 2. The highest BCUT2D eigenvalue weighted by Gasteiger charge is 2.34. The summed E-state index contributed by atoms with van der Waals surface area (Å²) in [6.45, 7) is 2.00. The van der Waals surface area contributed by atoms with Crippen LogP contribution in [0.2, 0.25) is 0 Å². The van der Waals surface area contributed by atoms with Crippen LogP contribution in [-0.2, 0) is 32.3 Å². The molecule has 18 nitrogen and oxygen atoms in total. The van der Waals surface area contributed by atoms with E-state index in [4.69, 9.17) is 10.5 Å². The van der Waals surface area contributed by atoms with Gasteiger partial charge < -0.3 is 26.0 Å². The van der Waals surface area contributed by atoms with Crippen molar-refractivity contribution in [2.75, 3.05) is 45.8 Å². The number of piperazine rings is 1. The van der Waals surface area contributed by atoms with Crippen molar-refractivity contribution in [2.24, 2.45) is 10.8 Å². The molecule has 1 heterocycles. The molecule has 1 saturated heterocycles. The van der Waals surface area contributed by atoms with Crippen LogP contribution >= 0.6 is 0 Å². The van der Waals surface area contributed by atoms with Crippen LogP contribution in [0.25, 0.3) is 0 Å². The number of amides is 2. The number of nitrogens with zero attached hydrogens (tertiary/aromatic N) is 5. The average molecular weight is 732 g/mol. The SMILES string of the molecule is N/C(=N\[N+](=O)[O-])NCCC[C@H](NS(=O)(=O)c1cccc(C(F)(F)F)c1)C(=O)N1CCN(CCCNC(=O)OCc2ccc([N+](=O)[O-])cc2)CC1. The van der Waals surface area contributed by atoms with E-state index in [9.17, 15) is 51.4 Å². The van der Waals surface area contributed by atoms with Crippen molar-refractivity contribution in [3.63, 3.8) is 0 Å². The van der Waals surface area contributed by atoms with E-state index in [2.05, 4.69) is 20.5 Å². The molecule has 1 aliphatic rings. The highest BCUT2D eigenvalue weighted by molar-refractivity contribution is 7.89. The zero-order valence-electron chi connectivity index (χ0n) is 26.5. The quantitative estimate of drug-likeness (QED) is 0.0633. The summed E-state index contributed by atoms with van der Waals surface area (Å²) >= 11 is 0. The number of alkyl carbamates (subject to hydrolysis) is 1. The molecule has 0 bridgehead atoms. The van der Waals surface area contributed by atoms with Crippen molar-refractivity contribution in [1.82, 2.24) is 25.2 Å². The Kier molecular flexibility index (Phi) is 14.2. The lowest BCUT2D eigenvalue weighted by molar-refractivity contribution is -0.485. The third-order valence-corrected chi connectivity index (χ3v) is 8.82. The van der Waals surface area contributed by atoms with Gasteiger partial charge in [-0.15, -0.1) is 0 Å². The van der Waals surface area contributed by atoms with E-state index in [1.807, 2.05) is 4.90 Å². The second kappa shape index (κ2) is 18.1. The number of hydrogen-bond donors (Lipinski definition) is 4. The average Bonchev–Trinajstić information content (AvgIpc) is 3.06. The van der Waals surface area contributed by atoms with E-state index < -0.39 is 60.6 Å². The lowest BCUT2D eigenvalue weighted by atomic mass is 10.1. The monoisotopic (exact) mass is 731 g/mol. The number of halogens is 3. The highest BCUT2D eigenvalue weighted by Crippen LogP contribution is 2.30. The fourth-order valence-electron chi connectivity index (χ4n) is 4.79. The summed E-state index contributed by atoms with van der Waals surface area (Å²) < 4.78 is 73.3. The predicted octanol–water partition coefficient (Wildman–Crippen LogP) is 1.60. The first-order valence-corrected chi connectivity index (χ1v) is 16.6. The molecular formula is C28H36F3N9O9S. The minimum absolute atomic E-state index is 0.0232. The Hall–Kier alpha value is -5.09. The topological polar surface area (TPSA) is 245 Å². The Labute approximate surface area is 284 Å². The summed E-state index contributed by atoms with van der Waals surface area (Å²) in [5.74, 6) is -1.11. The molecule has 274 valence electrons. The molecule has 1 atom stereocenters. The van der Waals surface area contributed by atoms with Crippen molar-refractivity contribution < 1.29 is 45.9 Å². The van der Waals surface area contributed by atoms with Crippen molar-refractivity contribution in [3.05, 3.63) is 79.9 Å². The molecule has 0 aromatic heterocycles. The fourth-order valence-corrected chi connectivity index (χ4v) is 6.06. The van der Waals surface area contributed by atoms with Gasteiger partial charge >= 0.3 is 12.3 Å². The van der Waals surface area contributed by atoms with Crippen LogP contribution in [0.4, 0.5) is 23.7 Å². The van der Waals surface area contributed by atoms with Crippen molar-refractivity contribution >= 4 is 33.7 Å². The number of carbonyl (C=O) groups excluding carboxylic acids is 2. The molecule has 2 aromatic carbocycles. The number of carbonyl (C=O) groups is 2. The Balaban J connectivity index is 1.51. The van der Waals surface area contributed by atoms with Gasteiger partial charge in [0.2, 0.25) is 15.9 Å². The molecule has 0 radical (unpaired) electrons. The zero-order chi connectivity index (χ0) is 36.9. The van der Waals surface area contributed by atoms with Crippen LogP contribution in [0.5, 0.6) is 0 Å². The van der Waals surface area contributed by atoms with E-state index in [-0.39, 0.29) is 51.3 Å². The van der Waals surface area contributed by atoms with Crippen molar-refractivity contribution in [2.45, 2.75) is 43.0 Å². The Bertz CT molecular complexity index is 1640. The molecule has 5 N–H and O–H groups in total. The Morgan fingerprint density at radius 1 is 1.00 bits per heavy atom. The number of non-ortho nitro benzene ring substituents is 1. The van der Waals surface area contributed by atoms with E-state index in [0.717, 1.165) is 18.2 Å². The molecule has 2 aromatic rings. The first-order chi connectivity index (χ1) is 23.5. The summed E-state index contributed by atoms with van der Waals surface area (Å²) in [7, 11) is -4.59. The number of nitro groups is 2. The number of ether oxygens (including phenoxy) is 1. The van der Waals surface area contributed by atoms with Gasteiger partial charge in [0.15, 0.2) is 5.03 Å². The van der Waals surface area contributed by atoms with Crippen LogP contribution in [0, 0.1) is 20.2 Å². The second-order valence-electron chi connectivity index (χ2n) is 10.9. The number of nitrogens with one attached hydrogen (secondary N) is 3. The van der Waals surface area contributed by atoms with Crippen LogP contribution in [0.15, 0.2) is 58.5 Å². The van der Waals surface area contributed by atoms with Gasteiger partial charge in [0.05, 0.1) is 15.4 Å². The van der Waals surface area contributed by atoms with E-state index >= 15 is 0 Å². The number of rotatable bonds is 16. The molecule has 3 rings (SSSR count). The molecule has 50 heavy (non-hydrogen) atoms. The molecule has 0 unspecified atom stereocenters. The lowest BCUT2D eigenvalue weighted by Gasteiger charge is -2.36. The summed E-state index contributed by atoms with van der Waals surface area (Å²) in [6, 6.07) is 7.29. The maximum Gasteiger partial charge on any atom is 0.416 e. The third kappa shape index (κ3) is 12.7. The summed E-state index contributed by atoms with van der Waals surface area (Å²) in [5.41, 5.74) is 4.70. The predicted molar refractivity (Wildman–Crippen MR) is 170 cm³/mol. The van der Waals surface area contributed by atoms with Crippen LogP contribution in [-0.4, -0.2) is 98.0 Å². The largest absolute Gasteiger partial charge is 0.445 e. The summed E-state index contributed by atoms with van der Waals surface area (Å²) in [6.07, 6.45) is -4.97. The number of hydrogen-bond acceptors (Lipinski definition) is 10. The first-order valence-electron chi connectivity index (χ1n) is 15.1. The Morgan fingerprint density at radius 2 is 1.66 bits per heavy atom. The van der Waals surface area contributed by atoms with E-state index in [1.165, 1.54) is 29.2 Å². The number of guanidine groups is 1. The standard InChI is InChI=1S/C28H36F3N9O9S/c29-28(30,31)21-4-1-5-23(18-21)50(47,48)36-24(6-2-11-33-26(32)35-40(45)46)25(41)38-16-14-37(15-17-38)13-3-12-34-27(42)49-19-20-7-9-22(10-8-20)39(43)44/h1,4-5,7-10,18,24,36H,2-3,6,11-17,19H2,(H,34,42)(H3,32,33,35)/t24-/m0/s1. The number of alkyl halides is 3. The highest BCUT2D eigenvalue weighted by atomic mass is 32.2. The minimum Gasteiger partial charge on any atom is -0.445 e. The zero-order valence-corrected chi connectivity index (χ0v) is 27.3. The van der Waals surface area contributed by atoms with Gasteiger partial charge in [-0.1, -0.05) is 6.07 Å². The molecule has 22 heteroatoms. The van der Waals surface area contributed by atoms with Gasteiger partial charge in [-0.25, -0.2) is 23.3 Å². The number of sulfonamides is 1. The Morgan fingerprint density at radius 3 is 2.28 bits per heavy atom. The fraction of sp³-hybridized carbons (Fsp3) is 0.464. The van der Waals surface area contributed by atoms with E-state index in [1.54, 1.807) is 0 Å². The summed E-state index contributed by atoms with van der Waals surface area (Å²) in [5, 5.41) is 28.1. The maximum absolute atomic E-state index is 13.5. The van der Waals surface area contributed by atoms with Gasteiger partial charge in [-0.2, -0.15) is 17.9 Å². The third-order valence-electron chi connectivity index (χ3n) is 7.35. The second-order valence-corrected chi connectivity index (χ2v) is 12.7. The van der Waals surface area contributed by atoms with Crippen LogP contribution < -0.4 is 21.1 Å². The number of nitrogens with two attached hydrogens (primary N) is 1. The van der Waals surface area contributed by atoms with Gasteiger partial charge in [0.25, 0.3) is 11.6 Å². The first kappa shape index (κ1) is 39.3. The number of hydrazone groups is 1. The molecule has 0 spiro atoms. The van der Waals surface area contributed by atoms with Gasteiger partial charge in [0.1, 0.15) is 17.8 Å². The summed E-state index contributed by atoms with van der Waals surface area (Å²) in [4.78, 5) is 49.0. The molecule has 1 fully saturated rings. The molecule has 2 amide bonds. The molecule has 0 aliphatic carbocycles. The van der Waals surface area contributed by atoms with Crippen molar-refractivity contribution in [1.29, 1.82) is 0 Å². The van der Waals surface area contributed by atoms with Gasteiger partial charge in [0, 0.05) is 51.4 Å². The van der Waals surface area contributed by atoms with E-state index in [0.29, 0.717) is 37.7 Å². The van der Waals surface area contributed by atoms with Crippen molar-refractivity contribution in [3.8, 4) is 0 Å². The lowest BCUT2D eigenvalue weighted by Crippen LogP contribution is -2.55. The number of nitro benzene ring substituents is 1. The van der Waals surface area contributed by atoms with Crippen LogP contribution in [0.1, 0.15) is 30.4 Å². The molecule has 0 saturated carbocycles.